The second kappa shape index (κ2) is 8.72. The Morgan fingerprint density at radius 3 is 2.25 bits per heavy atom. The number of nitrogens with zero attached hydrogens (tertiary/aromatic N) is 1. The Morgan fingerprint density at radius 1 is 0.775 bits per heavy atom. The molecule has 0 saturated heterocycles. The summed E-state index contributed by atoms with van der Waals surface area (Å²) in [6, 6.07) is 35.8. The SMILES string of the molecule is CC1CC=CC(=N)/C1=C(\Nn1c2ccccc2c2c3c4ccccc4oc3c3ccccc3c21)c1ccccc1. The van der Waals surface area contributed by atoms with Gasteiger partial charge in [0.1, 0.15) is 11.2 Å². The highest BCUT2D eigenvalue weighted by atomic mass is 16.3. The predicted molar refractivity (Wildman–Crippen MR) is 168 cm³/mol. The van der Waals surface area contributed by atoms with Crippen LogP contribution < -0.4 is 5.43 Å². The molecule has 0 amide bonds. The Kier molecular flexibility index (Phi) is 4.98. The average Bonchev–Trinajstić information content (AvgIpc) is 3.53. The van der Waals surface area contributed by atoms with Gasteiger partial charge in [-0.1, -0.05) is 104 Å². The molecule has 7 aromatic rings. The lowest BCUT2D eigenvalue weighted by Gasteiger charge is -2.25. The van der Waals surface area contributed by atoms with E-state index < -0.39 is 0 Å². The van der Waals surface area contributed by atoms with E-state index in [1.54, 1.807) is 0 Å². The molecule has 0 spiro atoms. The summed E-state index contributed by atoms with van der Waals surface area (Å²) < 4.78 is 8.77. The van der Waals surface area contributed by atoms with Gasteiger partial charge in [-0.15, -0.1) is 0 Å². The highest BCUT2D eigenvalue weighted by Crippen LogP contribution is 2.45. The summed E-state index contributed by atoms with van der Waals surface area (Å²) in [6.45, 7) is 2.21. The predicted octanol–water partition coefficient (Wildman–Crippen LogP) is 9.42. The first kappa shape index (κ1) is 22.9. The molecule has 1 unspecified atom stereocenters. The van der Waals surface area contributed by atoms with Crippen molar-refractivity contribution < 1.29 is 4.42 Å². The molecule has 0 fully saturated rings. The number of nitrogens with one attached hydrogen (secondary N) is 2. The number of rotatable bonds is 3. The quantitative estimate of drug-likeness (QED) is 0.245. The number of furan rings is 1. The van der Waals surface area contributed by atoms with Gasteiger partial charge in [0.15, 0.2) is 0 Å². The number of hydrogen-bond donors (Lipinski definition) is 2. The molecular formula is C36H27N3O. The van der Waals surface area contributed by atoms with Gasteiger partial charge in [0.25, 0.3) is 0 Å². The smallest absolute Gasteiger partial charge is 0.144 e. The van der Waals surface area contributed by atoms with E-state index in [1.807, 2.05) is 18.2 Å². The van der Waals surface area contributed by atoms with Crippen molar-refractivity contribution in [3.63, 3.8) is 0 Å². The molecule has 2 heterocycles. The van der Waals surface area contributed by atoms with Crippen LogP contribution in [0.3, 0.4) is 0 Å². The van der Waals surface area contributed by atoms with E-state index in [4.69, 9.17) is 9.83 Å². The Hall–Kier alpha value is -5.09. The first-order valence-electron chi connectivity index (χ1n) is 13.8. The Morgan fingerprint density at radius 2 is 1.45 bits per heavy atom. The number of aromatic nitrogens is 1. The summed E-state index contributed by atoms with van der Waals surface area (Å²) in [7, 11) is 0. The molecule has 0 bridgehead atoms. The zero-order chi connectivity index (χ0) is 26.8. The van der Waals surface area contributed by atoms with Crippen LogP contribution in [-0.2, 0) is 0 Å². The van der Waals surface area contributed by atoms with Crippen LogP contribution in [0, 0.1) is 11.3 Å². The molecule has 0 saturated carbocycles. The fourth-order valence-corrected chi connectivity index (χ4v) is 6.48. The number of para-hydroxylation sites is 2. The fourth-order valence-electron chi connectivity index (χ4n) is 6.48. The van der Waals surface area contributed by atoms with Crippen molar-refractivity contribution in [2.24, 2.45) is 5.92 Å². The van der Waals surface area contributed by atoms with Gasteiger partial charge in [0.05, 0.1) is 22.4 Å². The molecule has 1 aliphatic carbocycles. The Labute approximate surface area is 231 Å². The van der Waals surface area contributed by atoms with Crippen molar-refractivity contribution in [2.45, 2.75) is 13.3 Å². The van der Waals surface area contributed by atoms with Gasteiger partial charge >= 0.3 is 0 Å². The topological polar surface area (TPSA) is 54.0 Å². The van der Waals surface area contributed by atoms with Crippen LogP contribution >= 0.6 is 0 Å². The van der Waals surface area contributed by atoms with Crippen LogP contribution in [0.15, 0.2) is 125 Å². The summed E-state index contributed by atoms with van der Waals surface area (Å²) >= 11 is 0. The normalized spacial score (nSPS) is 17.0. The lowest BCUT2D eigenvalue weighted by Crippen LogP contribution is -2.22. The van der Waals surface area contributed by atoms with Gasteiger partial charge in [-0.25, -0.2) is 0 Å². The van der Waals surface area contributed by atoms with Gasteiger partial charge in [-0.05, 0) is 36.1 Å². The number of hydrogen-bond acceptors (Lipinski definition) is 3. The van der Waals surface area contributed by atoms with Crippen molar-refractivity contribution in [1.82, 2.24) is 4.68 Å². The molecule has 192 valence electrons. The van der Waals surface area contributed by atoms with E-state index in [1.165, 1.54) is 5.39 Å². The first-order chi connectivity index (χ1) is 19.7. The summed E-state index contributed by atoms with van der Waals surface area (Å²) in [5.74, 6) is 0.217. The summed E-state index contributed by atoms with van der Waals surface area (Å²) in [4.78, 5) is 0. The highest BCUT2D eigenvalue weighted by molar-refractivity contribution is 6.35. The van der Waals surface area contributed by atoms with Gasteiger partial charge in [-0.2, -0.15) is 0 Å². The van der Waals surface area contributed by atoms with Gasteiger partial charge < -0.3 is 9.83 Å². The molecule has 1 atom stereocenters. The molecule has 0 aliphatic heterocycles. The van der Waals surface area contributed by atoms with E-state index in [-0.39, 0.29) is 5.92 Å². The summed E-state index contributed by atoms with van der Waals surface area (Å²) in [5.41, 5.74) is 11.5. The standard InChI is InChI=1S/C36H27N3O/c1-22-12-11-19-28(37)31(22)34(23-13-3-2-4-14-23)38-39-29-20-9-7-17-26(29)32-33-27-18-8-10-21-30(27)40-36(33)25-16-6-5-15-24(25)35(32)39/h2-11,13-22,37-38H,12H2,1H3/b34-31-,37-28?. The fraction of sp³-hybridized carbons (Fsp3) is 0.0833. The second-order valence-electron chi connectivity index (χ2n) is 10.6. The Bertz CT molecular complexity index is 2190. The molecule has 4 nitrogen and oxygen atoms in total. The average molecular weight is 518 g/mol. The summed E-state index contributed by atoms with van der Waals surface area (Å²) in [5, 5.41) is 15.7. The van der Waals surface area contributed by atoms with Gasteiger partial charge in [-0.3, -0.25) is 10.1 Å². The van der Waals surface area contributed by atoms with Gasteiger partial charge in [0, 0.05) is 37.9 Å². The van der Waals surface area contributed by atoms with Crippen molar-refractivity contribution in [2.75, 3.05) is 5.43 Å². The molecule has 40 heavy (non-hydrogen) atoms. The maximum Gasteiger partial charge on any atom is 0.144 e. The second-order valence-corrected chi connectivity index (χ2v) is 10.6. The third-order valence-electron chi connectivity index (χ3n) is 8.26. The maximum atomic E-state index is 8.91. The third-order valence-corrected chi connectivity index (χ3v) is 8.26. The van der Waals surface area contributed by atoms with E-state index in [0.29, 0.717) is 5.71 Å². The van der Waals surface area contributed by atoms with Crippen LogP contribution in [-0.4, -0.2) is 10.4 Å². The zero-order valence-electron chi connectivity index (χ0n) is 22.1. The first-order valence-corrected chi connectivity index (χ1v) is 13.8. The number of allylic oxidation sites excluding steroid dienone is 3. The van der Waals surface area contributed by atoms with E-state index in [9.17, 15) is 0 Å². The lowest BCUT2D eigenvalue weighted by molar-refractivity contribution is 0.673. The number of fused-ring (bicyclic) bond motifs is 10. The molecule has 8 rings (SSSR count). The minimum atomic E-state index is 0.217. The van der Waals surface area contributed by atoms with Crippen LogP contribution in [0.1, 0.15) is 18.9 Å². The van der Waals surface area contributed by atoms with Crippen LogP contribution in [0.4, 0.5) is 0 Å². The maximum absolute atomic E-state index is 8.91. The van der Waals surface area contributed by atoms with Gasteiger partial charge in [0.2, 0.25) is 0 Å². The molecule has 5 aromatic carbocycles. The zero-order valence-corrected chi connectivity index (χ0v) is 22.1. The largest absolute Gasteiger partial charge is 0.455 e. The molecular weight excluding hydrogens is 490 g/mol. The monoisotopic (exact) mass is 517 g/mol. The minimum absolute atomic E-state index is 0.217. The summed E-state index contributed by atoms with van der Waals surface area (Å²) in [6.07, 6.45) is 4.95. The molecule has 2 N–H and O–H groups in total. The van der Waals surface area contributed by atoms with E-state index >= 15 is 0 Å². The van der Waals surface area contributed by atoms with Crippen molar-refractivity contribution in [3.8, 4) is 0 Å². The molecule has 1 aliphatic rings. The minimum Gasteiger partial charge on any atom is -0.455 e. The van der Waals surface area contributed by atoms with Crippen molar-refractivity contribution in [1.29, 1.82) is 5.41 Å². The molecule has 0 radical (unpaired) electrons. The van der Waals surface area contributed by atoms with Crippen LogP contribution in [0.2, 0.25) is 0 Å². The van der Waals surface area contributed by atoms with E-state index in [0.717, 1.165) is 72.4 Å². The molecule has 4 heteroatoms. The lowest BCUT2D eigenvalue weighted by atomic mass is 9.86. The number of benzene rings is 5. The third kappa shape index (κ3) is 3.23. The van der Waals surface area contributed by atoms with Crippen molar-refractivity contribution in [3.05, 3.63) is 126 Å². The Balaban J connectivity index is 1.55. The van der Waals surface area contributed by atoms with E-state index in [2.05, 4.69) is 114 Å². The van der Waals surface area contributed by atoms with Crippen molar-refractivity contribution >= 4 is 65.9 Å². The van der Waals surface area contributed by atoms with Crippen LogP contribution in [0.5, 0.6) is 0 Å². The van der Waals surface area contributed by atoms with Crippen LogP contribution in [0.25, 0.3) is 60.2 Å². The highest BCUT2D eigenvalue weighted by Gasteiger charge is 2.25. The molecule has 2 aromatic heterocycles.